The number of aryl methyl sites for hydroxylation is 3. The Morgan fingerprint density at radius 2 is 1.94 bits per heavy atom. The fourth-order valence-electron chi connectivity index (χ4n) is 3.49. The highest BCUT2D eigenvalue weighted by Gasteiger charge is 2.32. The maximum atomic E-state index is 12.9. The molecule has 0 spiro atoms. The number of ether oxygens (including phenoxy) is 2. The van der Waals surface area contributed by atoms with E-state index in [9.17, 15) is 18.0 Å². The highest BCUT2D eigenvalue weighted by Crippen LogP contribution is 2.35. The molecule has 32 heavy (non-hydrogen) atoms. The summed E-state index contributed by atoms with van der Waals surface area (Å²) < 4.78 is 46.9. The molecule has 2 aromatic carbocycles. The molecule has 174 valence electrons. The normalized spacial score (nSPS) is 15.6. The zero-order valence-corrected chi connectivity index (χ0v) is 18.6. The van der Waals surface area contributed by atoms with Gasteiger partial charge in [0.15, 0.2) is 6.10 Å². The number of benzene rings is 2. The van der Waals surface area contributed by atoms with Crippen LogP contribution in [0.2, 0.25) is 0 Å². The van der Waals surface area contributed by atoms with Gasteiger partial charge < -0.3 is 25.0 Å². The van der Waals surface area contributed by atoms with Gasteiger partial charge in [-0.3, -0.25) is 4.79 Å². The summed E-state index contributed by atoms with van der Waals surface area (Å²) in [5.74, 6) is -0.388. The van der Waals surface area contributed by atoms with Crippen LogP contribution in [-0.2, 0) is 11.2 Å². The van der Waals surface area contributed by atoms with Crippen molar-refractivity contribution in [1.29, 1.82) is 0 Å². The molecule has 1 unspecified atom stereocenters. The number of carbonyl (C=O) groups is 1. The largest absolute Gasteiger partial charge is 0.573 e. The molecule has 6 nitrogen and oxygen atoms in total. The van der Waals surface area contributed by atoms with Gasteiger partial charge in [-0.05, 0) is 82.2 Å². The number of hydrogen-bond acceptors (Lipinski definition) is 5. The zero-order chi connectivity index (χ0) is 23.5. The lowest BCUT2D eigenvalue weighted by Crippen LogP contribution is -2.41. The number of nitrogens with one attached hydrogen (secondary N) is 2. The average molecular weight is 451 g/mol. The monoisotopic (exact) mass is 451 g/mol. The van der Waals surface area contributed by atoms with Crippen LogP contribution >= 0.6 is 0 Å². The summed E-state index contributed by atoms with van der Waals surface area (Å²) in [6, 6.07) is 7.76. The fraction of sp³-hybridized carbons (Fsp3) is 0.435. The number of anilines is 2. The van der Waals surface area contributed by atoms with Crippen molar-refractivity contribution in [3.63, 3.8) is 0 Å². The lowest BCUT2D eigenvalue weighted by atomic mass is 10.00. The third-order valence-electron chi connectivity index (χ3n) is 5.25. The summed E-state index contributed by atoms with van der Waals surface area (Å²) in [6.07, 6.45) is -3.82. The van der Waals surface area contributed by atoms with E-state index in [-0.39, 0.29) is 24.0 Å². The number of amides is 1. The van der Waals surface area contributed by atoms with Crippen LogP contribution in [0.1, 0.15) is 23.1 Å². The Labute approximate surface area is 185 Å². The molecule has 1 heterocycles. The minimum Gasteiger partial charge on any atom is -0.477 e. The van der Waals surface area contributed by atoms with Gasteiger partial charge in [0.1, 0.15) is 11.5 Å². The van der Waals surface area contributed by atoms with E-state index in [1.165, 1.54) is 12.1 Å². The molecule has 0 aromatic heterocycles. The van der Waals surface area contributed by atoms with Crippen LogP contribution in [-0.4, -0.2) is 50.5 Å². The number of hydrogen-bond donors (Lipinski definition) is 2. The van der Waals surface area contributed by atoms with Gasteiger partial charge in [0.25, 0.3) is 5.91 Å². The highest BCUT2D eigenvalue weighted by molar-refractivity contribution is 5.96. The number of carbonyl (C=O) groups excluding carboxylic acids is 1. The topological polar surface area (TPSA) is 62.8 Å². The third kappa shape index (κ3) is 6.29. The Kier molecular flexibility index (Phi) is 7.18. The van der Waals surface area contributed by atoms with Crippen molar-refractivity contribution in [3.05, 3.63) is 47.0 Å². The molecule has 0 radical (unpaired) electrons. The van der Waals surface area contributed by atoms with Crippen molar-refractivity contribution >= 4 is 17.3 Å². The van der Waals surface area contributed by atoms with E-state index in [2.05, 4.69) is 26.3 Å². The molecular weight excluding hydrogens is 423 g/mol. The number of alkyl halides is 3. The van der Waals surface area contributed by atoms with E-state index in [0.29, 0.717) is 5.69 Å². The number of rotatable bonds is 7. The third-order valence-corrected chi connectivity index (χ3v) is 5.25. The van der Waals surface area contributed by atoms with E-state index in [0.717, 1.165) is 47.8 Å². The van der Waals surface area contributed by atoms with Gasteiger partial charge in [0.05, 0.1) is 12.2 Å². The van der Waals surface area contributed by atoms with Crippen LogP contribution in [0.3, 0.4) is 0 Å². The van der Waals surface area contributed by atoms with Crippen molar-refractivity contribution < 1.29 is 27.4 Å². The molecule has 1 aliphatic rings. The van der Waals surface area contributed by atoms with Gasteiger partial charge in [0.2, 0.25) is 0 Å². The van der Waals surface area contributed by atoms with Gasteiger partial charge >= 0.3 is 6.36 Å². The van der Waals surface area contributed by atoms with Crippen LogP contribution in [0, 0.1) is 13.8 Å². The Balaban J connectivity index is 1.70. The molecule has 2 N–H and O–H groups in total. The van der Waals surface area contributed by atoms with Crippen LogP contribution in [0.25, 0.3) is 0 Å². The maximum absolute atomic E-state index is 12.9. The molecule has 0 saturated heterocycles. The molecule has 1 aliphatic heterocycles. The molecular formula is C23H28F3N3O3. The summed E-state index contributed by atoms with van der Waals surface area (Å²) in [4.78, 5) is 15.0. The molecule has 9 heteroatoms. The Morgan fingerprint density at radius 1 is 1.22 bits per heavy atom. The average Bonchev–Trinajstić information content (AvgIpc) is 2.69. The highest BCUT2D eigenvalue weighted by atomic mass is 19.4. The van der Waals surface area contributed by atoms with Crippen LogP contribution in [0.5, 0.6) is 11.5 Å². The van der Waals surface area contributed by atoms with Crippen molar-refractivity contribution in [2.24, 2.45) is 0 Å². The second-order valence-electron chi connectivity index (χ2n) is 8.18. The first kappa shape index (κ1) is 23.7. The Hall–Kier alpha value is -2.94. The summed E-state index contributed by atoms with van der Waals surface area (Å²) in [7, 11) is 4.04. The second-order valence-corrected chi connectivity index (χ2v) is 8.18. The van der Waals surface area contributed by atoms with Gasteiger partial charge in [-0.25, -0.2) is 0 Å². The molecule has 1 amide bonds. The summed E-state index contributed by atoms with van der Waals surface area (Å²) in [5.41, 5.74) is 4.37. The van der Waals surface area contributed by atoms with Crippen LogP contribution in [0.15, 0.2) is 30.3 Å². The summed E-state index contributed by atoms with van der Waals surface area (Å²) in [6.45, 7) is 5.09. The van der Waals surface area contributed by atoms with Gasteiger partial charge in [-0.2, -0.15) is 0 Å². The smallest absolute Gasteiger partial charge is 0.477 e. The van der Waals surface area contributed by atoms with Gasteiger partial charge in [-0.1, -0.05) is 6.07 Å². The van der Waals surface area contributed by atoms with Gasteiger partial charge in [-0.15, -0.1) is 13.2 Å². The standard InChI is InChI=1S/C23H28F3N3O3/c1-14-10-16(6-5-9-29(3)4)18(11-15(14)2)28-22(30)21-13-27-19-12-17(32-23(24,25)26)7-8-20(19)31-21/h7-8,10-12,21,27H,5-6,9,13H2,1-4H3,(H,28,30). The van der Waals surface area contributed by atoms with Crippen molar-refractivity contribution in [1.82, 2.24) is 4.90 Å². The maximum Gasteiger partial charge on any atom is 0.573 e. The SMILES string of the molecule is Cc1cc(CCCN(C)C)c(NC(=O)C2CNc3cc(OC(F)(F)F)ccc3O2)cc1C. The van der Waals surface area contributed by atoms with Crippen molar-refractivity contribution in [3.8, 4) is 11.5 Å². The summed E-state index contributed by atoms with van der Waals surface area (Å²) in [5, 5.41) is 5.92. The first-order valence-electron chi connectivity index (χ1n) is 10.4. The van der Waals surface area contributed by atoms with Gasteiger partial charge in [0, 0.05) is 11.8 Å². The lowest BCUT2D eigenvalue weighted by molar-refractivity contribution is -0.274. The number of halogens is 3. The van der Waals surface area contributed by atoms with Crippen molar-refractivity contribution in [2.45, 2.75) is 39.2 Å². The zero-order valence-electron chi connectivity index (χ0n) is 18.6. The minimum atomic E-state index is -4.78. The first-order chi connectivity index (χ1) is 15.0. The molecule has 0 fully saturated rings. The molecule has 3 rings (SSSR count). The molecule has 0 aliphatic carbocycles. The molecule has 0 saturated carbocycles. The molecule has 0 bridgehead atoms. The second kappa shape index (κ2) is 9.68. The Morgan fingerprint density at radius 3 is 2.62 bits per heavy atom. The number of fused-ring (bicyclic) bond motifs is 1. The van der Waals surface area contributed by atoms with Crippen LogP contribution in [0.4, 0.5) is 24.5 Å². The Bertz CT molecular complexity index is 977. The first-order valence-corrected chi connectivity index (χ1v) is 10.4. The fourth-order valence-corrected chi connectivity index (χ4v) is 3.49. The van der Waals surface area contributed by atoms with Crippen molar-refractivity contribution in [2.75, 3.05) is 37.8 Å². The molecule has 2 aromatic rings. The minimum absolute atomic E-state index is 0.120. The predicted molar refractivity (Wildman–Crippen MR) is 117 cm³/mol. The van der Waals surface area contributed by atoms with E-state index < -0.39 is 12.5 Å². The van der Waals surface area contributed by atoms with E-state index in [4.69, 9.17) is 4.74 Å². The van der Waals surface area contributed by atoms with Crippen LogP contribution < -0.4 is 20.1 Å². The van der Waals surface area contributed by atoms with E-state index in [1.54, 1.807) is 0 Å². The van der Waals surface area contributed by atoms with E-state index in [1.807, 2.05) is 34.0 Å². The summed E-state index contributed by atoms with van der Waals surface area (Å²) >= 11 is 0. The number of nitrogens with zero attached hydrogens (tertiary/aromatic N) is 1. The predicted octanol–water partition coefficient (Wildman–Crippen LogP) is 4.51. The molecule has 1 atom stereocenters. The quantitative estimate of drug-likeness (QED) is 0.649. The van der Waals surface area contributed by atoms with E-state index >= 15 is 0 Å². The lowest BCUT2D eigenvalue weighted by Gasteiger charge is -2.27.